The molecule has 3 nitrogen and oxygen atoms in total. The molecule has 2 rings (SSSR count). The maximum Gasteiger partial charge on any atom is 0.418 e. The van der Waals surface area contributed by atoms with E-state index in [-0.39, 0.29) is 11.6 Å². The zero-order chi connectivity index (χ0) is 21.3. The number of benzene rings is 1. The number of halogens is 6. The van der Waals surface area contributed by atoms with Crippen LogP contribution in [0.4, 0.5) is 31.1 Å². The highest BCUT2D eigenvalue weighted by atomic mass is 19.4. The van der Waals surface area contributed by atoms with Gasteiger partial charge in [-0.3, -0.25) is 4.90 Å². The van der Waals surface area contributed by atoms with Gasteiger partial charge >= 0.3 is 18.4 Å². The molecule has 0 fully saturated rings. The molecule has 1 heterocycles. The molecular weight excluding hydrogens is 388 g/mol. The van der Waals surface area contributed by atoms with Gasteiger partial charge in [0.2, 0.25) is 0 Å². The number of allylic oxidation sites excluding steroid dienone is 3. The van der Waals surface area contributed by atoms with Crippen LogP contribution in [-0.2, 0) is 17.1 Å². The van der Waals surface area contributed by atoms with E-state index in [2.05, 4.69) is 0 Å². The zero-order valence-corrected chi connectivity index (χ0v) is 15.2. The third-order valence-electron chi connectivity index (χ3n) is 3.47. The van der Waals surface area contributed by atoms with Crippen molar-refractivity contribution in [1.82, 2.24) is 4.90 Å². The Morgan fingerprint density at radius 3 is 2.00 bits per heavy atom. The zero-order valence-electron chi connectivity index (χ0n) is 15.2. The SMILES string of the molecule is CC(C)(C)OC(=O)N1C=CC(=Cc2ccc(C(F)(F)F)cc2C(F)(F)F)C=C1. The average molecular weight is 405 g/mol. The molecule has 0 saturated carbocycles. The minimum absolute atomic E-state index is 0.0790. The molecule has 0 N–H and O–H groups in total. The van der Waals surface area contributed by atoms with Crippen molar-refractivity contribution in [2.45, 2.75) is 38.7 Å². The van der Waals surface area contributed by atoms with E-state index in [1.54, 1.807) is 20.8 Å². The molecule has 28 heavy (non-hydrogen) atoms. The molecular formula is C19H17F6NO2. The Hall–Kier alpha value is -2.71. The van der Waals surface area contributed by atoms with Crippen LogP contribution in [0.5, 0.6) is 0 Å². The minimum Gasteiger partial charge on any atom is -0.443 e. The molecule has 0 saturated heterocycles. The van der Waals surface area contributed by atoms with Crippen molar-refractivity contribution >= 4 is 12.2 Å². The monoisotopic (exact) mass is 405 g/mol. The first-order valence-electron chi connectivity index (χ1n) is 8.05. The van der Waals surface area contributed by atoms with Crippen LogP contribution in [0.1, 0.15) is 37.5 Å². The van der Waals surface area contributed by atoms with Crippen LogP contribution in [0, 0.1) is 0 Å². The second kappa shape index (κ2) is 7.37. The van der Waals surface area contributed by atoms with Crippen LogP contribution in [0.2, 0.25) is 0 Å². The molecule has 0 radical (unpaired) electrons. The molecule has 0 aromatic heterocycles. The predicted molar refractivity (Wildman–Crippen MR) is 90.8 cm³/mol. The number of nitrogens with zero attached hydrogens (tertiary/aromatic N) is 1. The third kappa shape index (κ3) is 5.64. The summed E-state index contributed by atoms with van der Waals surface area (Å²) < 4.78 is 82.9. The summed E-state index contributed by atoms with van der Waals surface area (Å²) in [6.07, 6.45) is -4.16. The van der Waals surface area contributed by atoms with Crippen LogP contribution in [0.25, 0.3) is 6.08 Å². The number of hydrogen-bond donors (Lipinski definition) is 0. The second-order valence-corrected chi connectivity index (χ2v) is 6.96. The highest BCUT2D eigenvalue weighted by Gasteiger charge is 2.37. The fraction of sp³-hybridized carbons (Fsp3) is 0.316. The van der Waals surface area contributed by atoms with Gasteiger partial charge in [0.25, 0.3) is 0 Å². The van der Waals surface area contributed by atoms with Crippen LogP contribution in [0.15, 0.2) is 48.3 Å². The standard InChI is InChI=1S/C19H17F6NO2/c1-17(2,3)28-16(27)26-8-6-12(7-9-26)10-13-4-5-14(18(20,21)22)11-15(13)19(23,24)25/h4-11H,1-3H3. The van der Waals surface area contributed by atoms with E-state index in [4.69, 9.17) is 4.74 Å². The number of alkyl halides is 6. The van der Waals surface area contributed by atoms with Crippen molar-refractivity contribution in [3.63, 3.8) is 0 Å². The predicted octanol–water partition coefficient (Wildman–Crippen LogP) is 6.39. The molecule has 0 bridgehead atoms. The van der Waals surface area contributed by atoms with Gasteiger partial charge in [-0.1, -0.05) is 6.07 Å². The summed E-state index contributed by atoms with van der Waals surface area (Å²) >= 11 is 0. The maximum absolute atomic E-state index is 13.2. The van der Waals surface area contributed by atoms with Crippen LogP contribution in [-0.4, -0.2) is 16.6 Å². The molecule has 0 unspecified atom stereocenters. The highest BCUT2D eigenvalue weighted by Crippen LogP contribution is 2.38. The number of carbonyl (C=O) groups excluding carboxylic acids is 1. The summed E-state index contributed by atoms with van der Waals surface area (Å²) in [4.78, 5) is 13.0. The molecule has 0 aliphatic carbocycles. The van der Waals surface area contributed by atoms with Crippen molar-refractivity contribution in [3.8, 4) is 0 Å². The molecule has 9 heteroatoms. The molecule has 1 amide bonds. The Morgan fingerprint density at radius 1 is 0.964 bits per heavy atom. The Morgan fingerprint density at radius 2 is 1.54 bits per heavy atom. The number of hydrogen-bond acceptors (Lipinski definition) is 2. The van der Waals surface area contributed by atoms with E-state index in [1.807, 2.05) is 0 Å². The number of rotatable bonds is 1. The van der Waals surface area contributed by atoms with Crippen molar-refractivity contribution in [3.05, 3.63) is 65.0 Å². The molecule has 1 aliphatic heterocycles. The second-order valence-electron chi connectivity index (χ2n) is 6.96. The lowest BCUT2D eigenvalue weighted by Gasteiger charge is -2.24. The van der Waals surface area contributed by atoms with Gasteiger partial charge in [0, 0.05) is 12.4 Å². The van der Waals surface area contributed by atoms with Crippen molar-refractivity contribution < 1.29 is 35.9 Å². The Bertz CT molecular complexity index is 825. The number of ether oxygens (including phenoxy) is 1. The quantitative estimate of drug-likeness (QED) is 0.507. The smallest absolute Gasteiger partial charge is 0.418 e. The summed E-state index contributed by atoms with van der Waals surface area (Å²) in [5, 5.41) is 0. The third-order valence-corrected chi connectivity index (χ3v) is 3.47. The number of amides is 1. The van der Waals surface area contributed by atoms with Gasteiger partial charge in [0.15, 0.2) is 0 Å². The van der Waals surface area contributed by atoms with Gasteiger partial charge in [0.05, 0.1) is 11.1 Å². The van der Waals surface area contributed by atoms with E-state index in [1.165, 1.54) is 24.6 Å². The molecule has 1 aliphatic rings. The van der Waals surface area contributed by atoms with E-state index in [9.17, 15) is 31.1 Å². The van der Waals surface area contributed by atoms with Gasteiger partial charge in [-0.05, 0) is 62.3 Å². The van der Waals surface area contributed by atoms with E-state index in [0.717, 1.165) is 17.0 Å². The molecule has 1 aromatic rings. The van der Waals surface area contributed by atoms with E-state index in [0.29, 0.717) is 6.07 Å². The first-order chi connectivity index (χ1) is 12.7. The molecule has 0 spiro atoms. The van der Waals surface area contributed by atoms with Crippen molar-refractivity contribution in [2.24, 2.45) is 0 Å². The summed E-state index contributed by atoms with van der Waals surface area (Å²) in [6, 6.07) is 1.43. The number of carbonyl (C=O) groups is 1. The maximum atomic E-state index is 13.2. The van der Waals surface area contributed by atoms with Crippen LogP contribution < -0.4 is 0 Å². The normalized spacial score (nSPS) is 15.0. The minimum atomic E-state index is -4.96. The van der Waals surface area contributed by atoms with Crippen molar-refractivity contribution in [2.75, 3.05) is 0 Å². The molecule has 0 atom stereocenters. The van der Waals surface area contributed by atoms with Gasteiger partial charge in [-0.15, -0.1) is 0 Å². The lowest BCUT2D eigenvalue weighted by atomic mass is 10.00. The van der Waals surface area contributed by atoms with Crippen LogP contribution >= 0.6 is 0 Å². The summed E-state index contributed by atoms with van der Waals surface area (Å²) in [5.41, 5.74) is -3.66. The van der Waals surface area contributed by atoms with E-state index < -0.39 is 40.7 Å². The van der Waals surface area contributed by atoms with Gasteiger partial charge in [0.1, 0.15) is 5.60 Å². The Kier molecular flexibility index (Phi) is 5.68. The average Bonchev–Trinajstić information content (AvgIpc) is 2.52. The largest absolute Gasteiger partial charge is 0.443 e. The summed E-state index contributed by atoms with van der Waals surface area (Å²) in [7, 11) is 0. The highest BCUT2D eigenvalue weighted by molar-refractivity contribution is 5.73. The van der Waals surface area contributed by atoms with Gasteiger partial charge in [-0.2, -0.15) is 26.3 Å². The summed E-state index contributed by atoms with van der Waals surface area (Å²) in [5.74, 6) is 0. The van der Waals surface area contributed by atoms with Crippen LogP contribution in [0.3, 0.4) is 0 Å². The molecule has 152 valence electrons. The summed E-state index contributed by atoms with van der Waals surface area (Å²) in [6.45, 7) is 5.03. The van der Waals surface area contributed by atoms with Crippen molar-refractivity contribution in [1.29, 1.82) is 0 Å². The van der Waals surface area contributed by atoms with E-state index >= 15 is 0 Å². The first kappa shape index (κ1) is 21.6. The first-order valence-corrected chi connectivity index (χ1v) is 8.05. The lowest BCUT2D eigenvalue weighted by molar-refractivity contribution is -0.143. The Balaban J connectivity index is 2.31. The lowest BCUT2D eigenvalue weighted by Crippen LogP contribution is -2.31. The fourth-order valence-corrected chi connectivity index (χ4v) is 2.25. The topological polar surface area (TPSA) is 29.5 Å². The molecule has 1 aromatic carbocycles. The Labute approximate surface area is 157 Å². The fourth-order valence-electron chi connectivity index (χ4n) is 2.25. The van der Waals surface area contributed by atoms with Gasteiger partial charge < -0.3 is 4.74 Å². The van der Waals surface area contributed by atoms with Gasteiger partial charge in [-0.25, -0.2) is 4.79 Å².